The number of hydrogen-bond acceptors (Lipinski definition) is 2. The molecule has 2 aromatic heterocycles. The molecule has 11 aromatic carbocycles. The molecule has 69 heavy (non-hydrogen) atoms. The summed E-state index contributed by atoms with van der Waals surface area (Å²) < 4.78 is 8.99. The number of furan rings is 1. The van der Waals surface area contributed by atoms with Gasteiger partial charge in [0.1, 0.15) is 11.2 Å². The lowest BCUT2D eigenvalue weighted by Gasteiger charge is -2.29. The van der Waals surface area contributed by atoms with Crippen LogP contribution >= 0.6 is 0 Å². The summed E-state index contributed by atoms with van der Waals surface area (Å²) in [6, 6.07) is 96.1. The maximum Gasteiger partial charge on any atom is 0.143 e. The summed E-state index contributed by atoms with van der Waals surface area (Å²) in [5.74, 6) is 0. The summed E-state index contributed by atoms with van der Waals surface area (Å²) in [6.07, 6.45) is 0. The summed E-state index contributed by atoms with van der Waals surface area (Å²) in [5, 5.41) is 4.71. The van der Waals surface area contributed by atoms with Gasteiger partial charge in [-0.3, -0.25) is 0 Å². The van der Waals surface area contributed by atoms with Gasteiger partial charge in [-0.1, -0.05) is 206 Å². The first-order valence-electron chi connectivity index (χ1n) is 23.6. The lowest BCUT2D eigenvalue weighted by atomic mass is 9.88. The van der Waals surface area contributed by atoms with E-state index in [1.165, 1.54) is 49.6 Å². The molecule has 0 amide bonds. The van der Waals surface area contributed by atoms with Gasteiger partial charge >= 0.3 is 0 Å². The van der Waals surface area contributed by atoms with Crippen molar-refractivity contribution in [2.45, 2.75) is 0 Å². The van der Waals surface area contributed by atoms with E-state index in [-0.39, 0.29) is 0 Å². The van der Waals surface area contributed by atoms with Crippen molar-refractivity contribution in [2.24, 2.45) is 0 Å². The van der Waals surface area contributed by atoms with Crippen LogP contribution in [0.4, 0.5) is 17.1 Å². The molecule has 0 aliphatic heterocycles. The monoisotopic (exact) mass is 880 g/mol. The number of fused-ring (bicyclic) bond motifs is 6. The Labute approximate surface area is 401 Å². The second kappa shape index (κ2) is 16.9. The van der Waals surface area contributed by atoms with E-state index in [4.69, 9.17) is 4.42 Å². The maximum atomic E-state index is 6.61. The van der Waals surface area contributed by atoms with Crippen LogP contribution in [0, 0.1) is 0 Å². The molecule has 13 aromatic rings. The fourth-order valence-electron chi connectivity index (χ4n) is 10.6. The van der Waals surface area contributed by atoms with Gasteiger partial charge in [-0.25, -0.2) is 0 Å². The van der Waals surface area contributed by atoms with Crippen molar-refractivity contribution < 1.29 is 4.42 Å². The molecule has 0 radical (unpaired) electrons. The minimum absolute atomic E-state index is 0.888. The second-order valence-corrected chi connectivity index (χ2v) is 17.6. The molecule has 2 heterocycles. The second-order valence-electron chi connectivity index (χ2n) is 17.6. The Kier molecular flexibility index (Phi) is 9.84. The molecule has 3 heteroatoms. The van der Waals surface area contributed by atoms with Gasteiger partial charge in [0.05, 0.1) is 16.7 Å². The third kappa shape index (κ3) is 6.91. The highest BCUT2D eigenvalue weighted by Gasteiger charge is 2.22. The van der Waals surface area contributed by atoms with Crippen LogP contribution in [0.5, 0.6) is 0 Å². The van der Waals surface area contributed by atoms with E-state index in [1.807, 2.05) is 6.07 Å². The summed E-state index contributed by atoms with van der Waals surface area (Å²) >= 11 is 0. The average Bonchev–Trinajstić information content (AvgIpc) is 3.98. The predicted molar refractivity (Wildman–Crippen MR) is 290 cm³/mol. The maximum absolute atomic E-state index is 6.61. The topological polar surface area (TPSA) is 21.3 Å². The van der Waals surface area contributed by atoms with Crippen LogP contribution in [0.1, 0.15) is 0 Å². The first-order chi connectivity index (χ1) is 34.3. The fourth-order valence-corrected chi connectivity index (χ4v) is 10.6. The van der Waals surface area contributed by atoms with Crippen molar-refractivity contribution >= 4 is 60.8 Å². The van der Waals surface area contributed by atoms with E-state index in [1.54, 1.807) is 0 Å². The number of para-hydroxylation sites is 5. The Hall–Kier alpha value is -9.18. The number of anilines is 3. The molecule has 0 fully saturated rings. The number of benzene rings is 11. The number of nitrogens with zero attached hydrogens (tertiary/aromatic N) is 2. The van der Waals surface area contributed by atoms with Gasteiger partial charge in [-0.2, -0.15) is 0 Å². The SMILES string of the molecule is c1ccc(-c2ccccc2-c2ccccc2-c2ccccc2N(c2ccc(-c3cccc4c3c3ccccc3n4-c3ccccc3)cc2)c2cccc(-c3cccc4c3oc3ccccc34)c2)cc1. The van der Waals surface area contributed by atoms with Gasteiger partial charge in [-0.05, 0) is 105 Å². The average molecular weight is 881 g/mol. The van der Waals surface area contributed by atoms with E-state index in [9.17, 15) is 0 Å². The van der Waals surface area contributed by atoms with Gasteiger partial charge in [0, 0.05) is 49.7 Å². The summed E-state index contributed by atoms with van der Waals surface area (Å²) in [5.41, 5.74) is 20.0. The zero-order valence-corrected chi connectivity index (χ0v) is 37.7. The molecule has 0 aliphatic rings. The highest BCUT2D eigenvalue weighted by molar-refractivity contribution is 6.16. The molecule has 0 N–H and O–H groups in total. The third-order valence-electron chi connectivity index (χ3n) is 13.6. The highest BCUT2D eigenvalue weighted by Crippen LogP contribution is 2.47. The van der Waals surface area contributed by atoms with Gasteiger partial charge in [0.15, 0.2) is 0 Å². The van der Waals surface area contributed by atoms with E-state index in [0.29, 0.717) is 0 Å². The first-order valence-corrected chi connectivity index (χ1v) is 23.6. The molecule has 324 valence electrons. The van der Waals surface area contributed by atoms with Crippen molar-refractivity contribution in [3.05, 3.63) is 267 Å². The van der Waals surface area contributed by atoms with Crippen LogP contribution in [-0.4, -0.2) is 4.57 Å². The molecule has 0 aliphatic carbocycles. The minimum atomic E-state index is 0.888. The Morgan fingerprint density at radius 3 is 1.62 bits per heavy atom. The van der Waals surface area contributed by atoms with Crippen molar-refractivity contribution in [1.29, 1.82) is 0 Å². The molecular weight excluding hydrogens is 837 g/mol. The van der Waals surface area contributed by atoms with Gasteiger partial charge in [0.2, 0.25) is 0 Å². The molecule has 13 rings (SSSR count). The summed E-state index contributed by atoms with van der Waals surface area (Å²) in [7, 11) is 0. The standard InChI is InChI=1S/C66H44N2O/c1-3-20-45(21-4-1)51-26-7-8-27-54(51)55-28-9-10-29-56(55)57-30-11-14-36-61(57)67(50-25-17-22-47(44-50)53-34-18-35-59-58-31-13-16-39-64(58)69-66(53)59)49-42-40-46(41-43-49)52-33-19-38-63-65(52)60-32-12-15-37-62(60)68(63)48-23-5-2-6-24-48/h1-44H. The van der Waals surface area contributed by atoms with Crippen molar-refractivity contribution in [1.82, 2.24) is 4.57 Å². The fraction of sp³-hybridized carbons (Fsp3) is 0. The summed E-state index contributed by atoms with van der Waals surface area (Å²) in [6.45, 7) is 0. The van der Waals surface area contributed by atoms with E-state index in [2.05, 4.69) is 270 Å². The van der Waals surface area contributed by atoms with Crippen LogP contribution in [0.15, 0.2) is 271 Å². The molecule has 0 saturated carbocycles. The predicted octanol–water partition coefficient (Wildman–Crippen LogP) is 18.5. The number of rotatable bonds is 9. The van der Waals surface area contributed by atoms with Crippen LogP contribution < -0.4 is 4.90 Å². The molecule has 0 unspecified atom stereocenters. The minimum Gasteiger partial charge on any atom is -0.455 e. The molecular formula is C66H44N2O. The zero-order valence-electron chi connectivity index (χ0n) is 37.7. The van der Waals surface area contributed by atoms with E-state index < -0.39 is 0 Å². The largest absolute Gasteiger partial charge is 0.455 e. The molecule has 0 saturated heterocycles. The third-order valence-corrected chi connectivity index (χ3v) is 13.6. The van der Waals surface area contributed by atoms with Gasteiger partial charge in [-0.15, -0.1) is 0 Å². The molecule has 0 spiro atoms. The van der Waals surface area contributed by atoms with Crippen LogP contribution in [0.3, 0.4) is 0 Å². The Balaban J connectivity index is 0.997. The van der Waals surface area contributed by atoms with Crippen molar-refractivity contribution in [3.8, 4) is 61.3 Å². The highest BCUT2D eigenvalue weighted by atomic mass is 16.3. The Bertz CT molecular complexity index is 4010. The van der Waals surface area contributed by atoms with Crippen molar-refractivity contribution in [2.75, 3.05) is 4.90 Å². The van der Waals surface area contributed by atoms with Gasteiger partial charge < -0.3 is 13.9 Å². The zero-order chi connectivity index (χ0) is 45.7. The quantitative estimate of drug-likeness (QED) is 0.144. The van der Waals surface area contributed by atoms with Crippen LogP contribution in [-0.2, 0) is 0 Å². The Morgan fingerprint density at radius 2 is 0.826 bits per heavy atom. The molecule has 3 nitrogen and oxygen atoms in total. The van der Waals surface area contributed by atoms with Gasteiger partial charge in [0.25, 0.3) is 0 Å². The smallest absolute Gasteiger partial charge is 0.143 e. The van der Waals surface area contributed by atoms with Crippen LogP contribution in [0.25, 0.3) is 105 Å². The number of aromatic nitrogens is 1. The first kappa shape index (κ1) is 40.1. The van der Waals surface area contributed by atoms with Crippen molar-refractivity contribution in [3.63, 3.8) is 0 Å². The van der Waals surface area contributed by atoms with E-state index in [0.717, 1.165) is 72.5 Å². The lowest BCUT2D eigenvalue weighted by molar-refractivity contribution is 0.670. The molecule has 0 bridgehead atoms. The molecule has 0 atom stereocenters. The van der Waals surface area contributed by atoms with E-state index >= 15 is 0 Å². The van der Waals surface area contributed by atoms with Crippen LogP contribution in [0.2, 0.25) is 0 Å². The summed E-state index contributed by atoms with van der Waals surface area (Å²) in [4.78, 5) is 2.42. The Morgan fingerprint density at radius 1 is 0.304 bits per heavy atom. The number of hydrogen-bond donors (Lipinski definition) is 0. The lowest BCUT2D eigenvalue weighted by Crippen LogP contribution is -2.11. The normalized spacial score (nSPS) is 11.5.